The zero-order valence-electron chi connectivity index (χ0n) is 13.3. The summed E-state index contributed by atoms with van der Waals surface area (Å²) in [7, 11) is 1.87. The molecule has 116 valence electrons. The van der Waals surface area contributed by atoms with Crippen LogP contribution in [0.3, 0.4) is 0 Å². The van der Waals surface area contributed by atoms with Crippen LogP contribution in [0.15, 0.2) is 24.3 Å². The van der Waals surface area contributed by atoms with Crippen LogP contribution in [-0.2, 0) is 11.3 Å². The van der Waals surface area contributed by atoms with Crippen LogP contribution in [-0.4, -0.2) is 36.5 Å². The van der Waals surface area contributed by atoms with Crippen molar-refractivity contribution >= 4 is 5.91 Å². The van der Waals surface area contributed by atoms with E-state index in [1.165, 1.54) is 0 Å². The van der Waals surface area contributed by atoms with Crippen LogP contribution in [0.1, 0.15) is 38.7 Å². The quantitative estimate of drug-likeness (QED) is 0.906. The first-order chi connectivity index (χ1) is 10.1. The van der Waals surface area contributed by atoms with Gasteiger partial charge in [0.25, 0.3) is 0 Å². The summed E-state index contributed by atoms with van der Waals surface area (Å²) in [5, 5.41) is 3.38. The summed E-state index contributed by atoms with van der Waals surface area (Å²) in [5.41, 5.74) is 0.628. The topological polar surface area (TPSA) is 41.6 Å². The number of rotatable bonds is 5. The van der Waals surface area contributed by atoms with E-state index in [2.05, 4.69) is 5.32 Å². The van der Waals surface area contributed by atoms with Crippen molar-refractivity contribution < 1.29 is 9.53 Å². The number of nitrogens with one attached hydrogen (secondary N) is 1. The van der Waals surface area contributed by atoms with Crippen LogP contribution in [0.2, 0.25) is 0 Å². The van der Waals surface area contributed by atoms with Gasteiger partial charge in [0, 0.05) is 19.2 Å². The van der Waals surface area contributed by atoms with Crippen LogP contribution < -0.4 is 10.1 Å². The fourth-order valence-electron chi connectivity index (χ4n) is 2.92. The van der Waals surface area contributed by atoms with E-state index in [0.29, 0.717) is 13.2 Å². The summed E-state index contributed by atoms with van der Waals surface area (Å²) >= 11 is 0. The number of hydrogen-bond donors (Lipinski definition) is 1. The molecule has 0 saturated carbocycles. The largest absolute Gasteiger partial charge is 0.494 e. The number of benzene rings is 1. The van der Waals surface area contributed by atoms with Gasteiger partial charge in [-0.1, -0.05) is 18.2 Å². The first kappa shape index (κ1) is 15.8. The summed E-state index contributed by atoms with van der Waals surface area (Å²) in [5.74, 6) is 1.02. The molecule has 1 atom stereocenters. The van der Waals surface area contributed by atoms with Gasteiger partial charge in [0.2, 0.25) is 5.91 Å². The summed E-state index contributed by atoms with van der Waals surface area (Å²) in [4.78, 5) is 14.5. The first-order valence-corrected chi connectivity index (χ1v) is 7.78. The minimum atomic E-state index is -0.423. The second-order valence-corrected chi connectivity index (χ2v) is 5.92. The number of nitrogens with zero attached hydrogens (tertiary/aromatic N) is 1. The normalized spacial score (nSPS) is 21.9. The Balaban J connectivity index is 2.07. The van der Waals surface area contributed by atoms with Crippen molar-refractivity contribution in [1.82, 2.24) is 10.2 Å². The van der Waals surface area contributed by atoms with Gasteiger partial charge in [0.05, 0.1) is 12.1 Å². The average Bonchev–Trinajstić information content (AvgIpc) is 2.49. The van der Waals surface area contributed by atoms with Crippen LogP contribution in [0.5, 0.6) is 5.75 Å². The lowest BCUT2D eigenvalue weighted by atomic mass is 9.89. The van der Waals surface area contributed by atoms with Crippen LogP contribution >= 0.6 is 0 Å². The minimum Gasteiger partial charge on any atom is -0.494 e. The number of ether oxygens (including phenoxy) is 1. The lowest BCUT2D eigenvalue weighted by Gasteiger charge is -2.36. The lowest BCUT2D eigenvalue weighted by molar-refractivity contribution is -0.137. The predicted molar refractivity (Wildman–Crippen MR) is 84.3 cm³/mol. The van der Waals surface area contributed by atoms with Gasteiger partial charge in [-0.25, -0.2) is 0 Å². The molecule has 1 aromatic rings. The van der Waals surface area contributed by atoms with Crippen molar-refractivity contribution in [3.63, 3.8) is 0 Å². The highest BCUT2D eigenvalue weighted by Crippen LogP contribution is 2.24. The van der Waals surface area contributed by atoms with Crippen molar-refractivity contribution in [2.24, 2.45) is 0 Å². The molecule has 1 aromatic carbocycles. The molecule has 1 N–H and O–H groups in total. The molecule has 4 nitrogen and oxygen atoms in total. The Morgan fingerprint density at radius 3 is 2.81 bits per heavy atom. The summed E-state index contributed by atoms with van der Waals surface area (Å²) < 4.78 is 5.63. The lowest BCUT2D eigenvalue weighted by Crippen LogP contribution is -2.57. The summed E-state index contributed by atoms with van der Waals surface area (Å²) in [6.45, 7) is 6.11. The molecule has 0 bridgehead atoms. The van der Waals surface area contributed by atoms with Gasteiger partial charge in [0.15, 0.2) is 0 Å². The fraction of sp³-hybridized carbons (Fsp3) is 0.588. The second kappa shape index (κ2) is 6.94. The number of carbonyl (C=O) groups excluding carboxylic acids is 1. The Morgan fingerprint density at radius 1 is 1.38 bits per heavy atom. The smallest absolute Gasteiger partial charge is 0.242 e. The molecule has 1 heterocycles. The predicted octanol–water partition coefficient (Wildman–Crippen LogP) is 2.58. The van der Waals surface area contributed by atoms with Gasteiger partial charge in [-0.2, -0.15) is 0 Å². The Hall–Kier alpha value is -1.55. The molecule has 1 amide bonds. The van der Waals surface area contributed by atoms with Gasteiger partial charge < -0.3 is 15.0 Å². The zero-order valence-corrected chi connectivity index (χ0v) is 13.3. The highest BCUT2D eigenvalue weighted by Gasteiger charge is 2.36. The number of hydrogen-bond acceptors (Lipinski definition) is 3. The number of amides is 1. The monoisotopic (exact) mass is 290 g/mol. The first-order valence-electron chi connectivity index (χ1n) is 7.78. The molecule has 1 saturated heterocycles. The van der Waals surface area contributed by atoms with Crippen molar-refractivity contribution in [2.45, 2.75) is 45.2 Å². The standard InChI is InChI=1S/C17H26N2O2/c1-4-21-15-10-6-5-9-14(15)13-19(3)16(20)17(2)11-7-8-12-18-17/h5-6,9-10,18H,4,7-8,11-13H2,1-3H3. The van der Waals surface area contributed by atoms with E-state index in [9.17, 15) is 4.79 Å². The van der Waals surface area contributed by atoms with E-state index in [0.717, 1.165) is 37.1 Å². The average molecular weight is 290 g/mol. The van der Waals surface area contributed by atoms with E-state index in [-0.39, 0.29) is 5.91 Å². The molecule has 0 aromatic heterocycles. The summed E-state index contributed by atoms with van der Waals surface area (Å²) in [6.07, 6.45) is 3.17. The molecule has 1 fully saturated rings. The van der Waals surface area contributed by atoms with Crippen molar-refractivity contribution in [1.29, 1.82) is 0 Å². The van der Waals surface area contributed by atoms with Gasteiger partial charge in [-0.15, -0.1) is 0 Å². The minimum absolute atomic E-state index is 0.161. The Bertz CT molecular complexity index is 481. The van der Waals surface area contributed by atoms with Crippen molar-refractivity contribution in [2.75, 3.05) is 20.2 Å². The van der Waals surface area contributed by atoms with E-state index in [1.807, 2.05) is 45.2 Å². The molecular weight excluding hydrogens is 264 g/mol. The molecule has 4 heteroatoms. The SMILES string of the molecule is CCOc1ccccc1CN(C)C(=O)C1(C)CCCCN1. The zero-order chi connectivity index (χ0) is 15.3. The maximum Gasteiger partial charge on any atom is 0.242 e. The fourth-order valence-corrected chi connectivity index (χ4v) is 2.92. The number of piperidine rings is 1. The molecule has 21 heavy (non-hydrogen) atoms. The van der Waals surface area contributed by atoms with E-state index >= 15 is 0 Å². The van der Waals surface area contributed by atoms with E-state index in [1.54, 1.807) is 4.90 Å². The highest BCUT2D eigenvalue weighted by atomic mass is 16.5. The maximum absolute atomic E-state index is 12.7. The van der Waals surface area contributed by atoms with Crippen molar-refractivity contribution in [3.8, 4) is 5.75 Å². The van der Waals surface area contributed by atoms with Gasteiger partial charge in [0.1, 0.15) is 5.75 Å². The molecule has 0 radical (unpaired) electrons. The number of carbonyl (C=O) groups is 1. The van der Waals surface area contributed by atoms with E-state index in [4.69, 9.17) is 4.74 Å². The van der Waals surface area contributed by atoms with Gasteiger partial charge in [-0.05, 0) is 45.7 Å². The third-order valence-electron chi connectivity index (χ3n) is 4.12. The molecule has 1 aliphatic rings. The Labute approximate surface area is 127 Å². The molecule has 0 aliphatic carbocycles. The Kier molecular flexibility index (Phi) is 5.23. The molecule has 0 spiro atoms. The van der Waals surface area contributed by atoms with Crippen LogP contribution in [0.25, 0.3) is 0 Å². The van der Waals surface area contributed by atoms with Crippen LogP contribution in [0.4, 0.5) is 0 Å². The molecule has 1 aliphatic heterocycles. The molecule has 2 rings (SSSR count). The number of para-hydroxylation sites is 1. The molecular formula is C17H26N2O2. The van der Waals surface area contributed by atoms with Gasteiger partial charge in [-0.3, -0.25) is 4.79 Å². The summed E-state index contributed by atoms with van der Waals surface area (Å²) in [6, 6.07) is 7.92. The third kappa shape index (κ3) is 3.76. The van der Waals surface area contributed by atoms with E-state index < -0.39 is 5.54 Å². The van der Waals surface area contributed by atoms with Crippen LogP contribution in [0, 0.1) is 0 Å². The second-order valence-electron chi connectivity index (χ2n) is 5.92. The maximum atomic E-state index is 12.7. The third-order valence-corrected chi connectivity index (χ3v) is 4.12. The van der Waals surface area contributed by atoms with Crippen molar-refractivity contribution in [3.05, 3.63) is 29.8 Å². The highest BCUT2D eigenvalue weighted by molar-refractivity contribution is 5.85. The van der Waals surface area contributed by atoms with Gasteiger partial charge >= 0.3 is 0 Å². The molecule has 1 unspecified atom stereocenters. The Morgan fingerprint density at radius 2 is 2.14 bits per heavy atom. The number of likely N-dealkylation sites (N-methyl/N-ethyl adjacent to an activating group) is 1.